The highest BCUT2D eigenvalue weighted by Gasteiger charge is 2.28. The number of hydrogen-bond donors (Lipinski definition) is 0. The van der Waals surface area contributed by atoms with Gasteiger partial charge in [0.25, 0.3) is 0 Å². The Kier molecular flexibility index (Phi) is 4.68. The van der Waals surface area contributed by atoms with Gasteiger partial charge in [0.05, 0.1) is 0 Å². The molecule has 0 bridgehead atoms. The van der Waals surface area contributed by atoms with Crippen LogP contribution in [0.1, 0.15) is 33.6 Å². The quantitative estimate of drug-likeness (QED) is 0.760. The first-order valence-electron chi connectivity index (χ1n) is 7.46. The molecule has 18 heavy (non-hydrogen) atoms. The summed E-state index contributed by atoms with van der Waals surface area (Å²) >= 11 is 0. The molecule has 0 radical (unpaired) electrons. The Hall–Kier alpha value is -0.540. The predicted octanol–water partition coefficient (Wildman–Crippen LogP) is 2.01. The Morgan fingerprint density at radius 2 is 1.78 bits per heavy atom. The summed E-state index contributed by atoms with van der Waals surface area (Å²) in [6.07, 6.45) is 2.75. The Morgan fingerprint density at radius 3 is 2.33 bits per heavy atom. The molecular formula is C15H29N3. The molecule has 3 nitrogen and oxygen atoms in total. The van der Waals surface area contributed by atoms with Crippen LogP contribution in [-0.4, -0.2) is 66.1 Å². The van der Waals surface area contributed by atoms with E-state index in [1.54, 1.807) is 0 Å². The van der Waals surface area contributed by atoms with E-state index in [4.69, 9.17) is 0 Å². The molecule has 2 heterocycles. The fourth-order valence-electron chi connectivity index (χ4n) is 3.22. The highest BCUT2D eigenvalue weighted by molar-refractivity contribution is 4.93. The van der Waals surface area contributed by atoms with E-state index < -0.39 is 0 Å². The van der Waals surface area contributed by atoms with Crippen LogP contribution in [0.3, 0.4) is 0 Å². The summed E-state index contributed by atoms with van der Waals surface area (Å²) in [4.78, 5) is 7.76. The zero-order valence-corrected chi connectivity index (χ0v) is 12.4. The second kappa shape index (κ2) is 6.07. The summed E-state index contributed by atoms with van der Waals surface area (Å²) in [5.41, 5.74) is 1.22. The Labute approximate surface area is 112 Å². The minimum Gasteiger partial charge on any atom is -0.373 e. The molecule has 1 unspecified atom stereocenters. The second-order valence-corrected chi connectivity index (χ2v) is 6.14. The zero-order valence-electron chi connectivity index (χ0n) is 12.4. The van der Waals surface area contributed by atoms with Gasteiger partial charge in [-0.15, -0.1) is 0 Å². The molecule has 0 N–H and O–H groups in total. The molecule has 0 aromatic heterocycles. The molecule has 0 saturated carbocycles. The molecule has 0 spiro atoms. The normalized spacial score (nSPS) is 27.8. The largest absolute Gasteiger partial charge is 0.373 e. The molecule has 2 saturated heterocycles. The van der Waals surface area contributed by atoms with Gasteiger partial charge in [-0.25, -0.2) is 0 Å². The van der Waals surface area contributed by atoms with Crippen LogP contribution in [0.4, 0.5) is 0 Å². The number of likely N-dealkylation sites (tertiary alicyclic amines) is 1. The van der Waals surface area contributed by atoms with Gasteiger partial charge < -0.3 is 4.90 Å². The molecule has 2 aliphatic rings. The van der Waals surface area contributed by atoms with Gasteiger partial charge in [0, 0.05) is 50.5 Å². The van der Waals surface area contributed by atoms with Crippen molar-refractivity contribution in [2.45, 2.75) is 45.7 Å². The smallest absolute Gasteiger partial charge is 0.0303 e. The monoisotopic (exact) mass is 251 g/mol. The lowest BCUT2D eigenvalue weighted by Gasteiger charge is -2.45. The summed E-state index contributed by atoms with van der Waals surface area (Å²) in [7, 11) is 0. The van der Waals surface area contributed by atoms with E-state index in [1.165, 1.54) is 44.7 Å². The Bertz CT molecular complexity index is 279. The highest BCUT2D eigenvalue weighted by Crippen LogP contribution is 2.19. The summed E-state index contributed by atoms with van der Waals surface area (Å²) in [5.74, 6) is 0. The van der Waals surface area contributed by atoms with Crippen LogP contribution in [0.25, 0.3) is 0 Å². The number of piperazine rings is 1. The summed E-state index contributed by atoms with van der Waals surface area (Å²) < 4.78 is 0. The van der Waals surface area contributed by atoms with Crippen molar-refractivity contribution in [1.82, 2.24) is 14.7 Å². The van der Waals surface area contributed by atoms with Crippen LogP contribution in [0, 0.1) is 0 Å². The summed E-state index contributed by atoms with van der Waals surface area (Å²) in [5, 5.41) is 0. The minimum absolute atomic E-state index is 0.699. The maximum atomic E-state index is 4.05. The van der Waals surface area contributed by atoms with Crippen molar-refractivity contribution in [3.05, 3.63) is 12.3 Å². The van der Waals surface area contributed by atoms with E-state index in [1.807, 2.05) is 0 Å². The maximum Gasteiger partial charge on any atom is 0.0303 e. The number of hydrogen-bond acceptors (Lipinski definition) is 3. The number of rotatable bonds is 3. The molecule has 2 rings (SSSR count). The van der Waals surface area contributed by atoms with Crippen molar-refractivity contribution >= 4 is 0 Å². The highest BCUT2D eigenvalue weighted by atomic mass is 15.3. The van der Waals surface area contributed by atoms with Gasteiger partial charge >= 0.3 is 0 Å². The molecule has 2 aliphatic heterocycles. The third-order valence-corrected chi connectivity index (χ3v) is 4.53. The molecular weight excluding hydrogens is 222 g/mol. The molecule has 104 valence electrons. The molecule has 0 aromatic carbocycles. The first-order valence-corrected chi connectivity index (χ1v) is 7.46. The zero-order chi connectivity index (χ0) is 13.1. The van der Waals surface area contributed by atoms with Crippen LogP contribution in [0.2, 0.25) is 0 Å². The fraction of sp³-hybridized carbons (Fsp3) is 0.867. The van der Waals surface area contributed by atoms with E-state index in [-0.39, 0.29) is 0 Å². The van der Waals surface area contributed by atoms with Crippen molar-refractivity contribution in [2.75, 3.05) is 39.3 Å². The topological polar surface area (TPSA) is 9.72 Å². The van der Waals surface area contributed by atoms with Crippen LogP contribution in [0.5, 0.6) is 0 Å². The predicted molar refractivity (Wildman–Crippen MR) is 77.7 cm³/mol. The molecule has 3 heteroatoms. The van der Waals surface area contributed by atoms with Gasteiger partial charge in [-0.05, 0) is 40.2 Å². The number of nitrogens with zero attached hydrogens (tertiary/aromatic N) is 3. The van der Waals surface area contributed by atoms with Gasteiger partial charge in [0.1, 0.15) is 0 Å². The van der Waals surface area contributed by atoms with E-state index in [0.29, 0.717) is 6.04 Å². The SMILES string of the molecule is C=C(C)N1CCN(C2CCCN(C(C)C)C2)CC1. The van der Waals surface area contributed by atoms with Crippen molar-refractivity contribution in [3.63, 3.8) is 0 Å². The molecule has 0 aromatic rings. The van der Waals surface area contributed by atoms with E-state index >= 15 is 0 Å². The van der Waals surface area contributed by atoms with Gasteiger partial charge in [0.15, 0.2) is 0 Å². The average Bonchev–Trinajstić information content (AvgIpc) is 2.39. The van der Waals surface area contributed by atoms with Crippen molar-refractivity contribution < 1.29 is 0 Å². The van der Waals surface area contributed by atoms with Gasteiger partial charge in [-0.1, -0.05) is 6.58 Å². The van der Waals surface area contributed by atoms with Crippen LogP contribution in [0.15, 0.2) is 12.3 Å². The lowest BCUT2D eigenvalue weighted by atomic mass is 10.0. The molecule has 1 atom stereocenters. The van der Waals surface area contributed by atoms with Crippen molar-refractivity contribution in [3.8, 4) is 0 Å². The second-order valence-electron chi connectivity index (χ2n) is 6.14. The van der Waals surface area contributed by atoms with Crippen LogP contribution in [-0.2, 0) is 0 Å². The third kappa shape index (κ3) is 3.27. The lowest BCUT2D eigenvalue weighted by molar-refractivity contribution is 0.0512. The summed E-state index contributed by atoms with van der Waals surface area (Å²) in [6.45, 7) is 18.1. The molecule has 0 aliphatic carbocycles. The van der Waals surface area contributed by atoms with Gasteiger partial charge in [-0.2, -0.15) is 0 Å². The van der Waals surface area contributed by atoms with Gasteiger partial charge in [0.2, 0.25) is 0 Å². The van der Waals surface area contributed by atoms with Gasteiger partial charge in [-0.3, -0.25) is 9.80 Å². The third-order valence-electron chi connectivity index (χ3n) is 4.53. The average molecular weight is 251 g/mol. The molecule has 2 fully saturated rings. The standard InChI is InChI=1S/C15H29N3/c1-13(2)16-8-10-17(11-9-16)15-6-5-7-18(12-15)14(3)4/h14-15H,1,5-12H2,2-4H3. The van der Waals surface area contributed by atoms with E-state index in [2.05, 4.69) is 42.0 Å². The first kappa shape index (κ1) is 13.9. The molecule has 0 amide bonds. The lowest BCUT2D eigenvalue weighted by Crippen LogP contribution is -2.55. The number of allylic oxidation sites excluding steroid dienone is 1. The Morgan fingerprint density at radius 1 is 1.11 bits per heavy atom. The van der Waals surface area contributed by atoms with E-state index in [9.17, 15) is 0 Å². The Balaban J connectivity index is 1.84. The first-order chi connectivity index (χ1) is 8.58. The fourth-order valence-corrected chi connectivity index (χ4v) is 3.22. The van der Waals surface area contributed by atoms with Crippen molar-refractivity contribution in [2.24, 2.45) is 0 Å². The van der Waals surface area contributed by atoms with Crippen LogP contribution < -0.4 is 0 Å². The summed E-state index contributed by atoms with van der Waals surface area (Å²) in [6, 6.07) is 1.48. The minimum atomic E-state index is 0.699. The van der Waals surface area contributed by atoms with Crippen molar-refractivity contribution in [1.29, 1.82) is 0 Å². The maximum absolute atomic E-state index is 4.05. The van der Waals surface area contributed by atoms with Crippen LogP contribution >= 0.6 is 0 Å². The van der Waals surface area contributed by atoms with E-state index in [0.717, 1.165) is 19.1 Å². The number of piperidine rings is 1.